The first-order valence-electron chi connectivity index (χ1n) is 12.6. The third-order valence-corrected chi connectivity index (χ3v) is 8.50. The van der Waals surface area contributed by atoms with E-state index in [0.29, 0.717) is 29.4 Å². The summed E-state index contributed by atoms with van der Waals surface area (Å²) in [5.74, 6) is 0.319. The van der Waals surface area contributed by atoms with Crippen molar-refractivity contribution in [1.82, 2.24) is 24.9 Å². The van der Waals surface area contributed by atoms with Crippen LogP contribution in [0.3, 0.4) is 0 Å². The number of amides is 2. The van der Waals surface area contributed by atoms with Crippen molar-refractivity contribution in [2.45, 2.75) is 51.2 Å². The molecule has 6 rings (SSSR count). The molecule has 0 aromatic carbocycles. The molecule has 2 aliphatic rings. The van der Waals surface area contributed by atoms with Gasteiger partial charge in [0, 0.05) is 23.5 Å². The summed E-state index contributed by atoms with van der Waals surface area (Å²) in [7, 11) is 0. The number of ether oxygens (including phenoxy) is 2. The summed E-state index contributed by atoms with van der Waals surface area (Å²) in [6, 6.07) is 7.13. The van der Waals surface area contributed by atoms with E-state index in [1.807, 2.05) is 24.6 Å². The van der Waals surface area contributed by atoms with Crippen molar-refractivity contribution in [3.05, 3.63) is 70.1 Å². The van der Waals surface area contributed by atoms with E-state index in [0.717, 1.165) is 43.3 Å². The molecule has 2 aliphatic carbocycles. The fraction of sp³-hybridized carbons (Fsp3) is 0.370. The molecule has 38 heavy (non-hydrogen) atoms. The zero-order valence-corrected chi connectivity index (χ0v) is 21.7. The smallest absolute Gasteiger partial charge is 0.255 e. The minimum absolute atomic E-state index is 0.00156. The fourth-order valence-corrected chi connectivity index (χ4v) is 6.32. The van der Waals surface area contributed by atoms with Crippen molar-refractivity contribution < 1.29 is 19.1 Å². The number of carbonyl (C=O) groups is 2. The lowest BCUT2D eigenvalue weighted by molar-refractivity contribution is -0.0848. The summed E-state index contributed by atoms with van der Waals surface area (Å²) in [4.78, 5) is 34.2. The van der Waals surface area contributed by atoms with Crippen LogP contribution >= 0.6 is 11.3 Å². The highest BCUT2D eigenvalue weighted by Crippen LogP contribution is 2.56. The molecule has 11 heteroatoms. The molecule has 2 amide bonds. The van der Waals surface area contributed by atoms with Gasteiger partial charge in [-0.1, -0.05) is 0 Å². The second kappa shape index (κ2) is 9.71. The van der Waals surface area contributed by atoms with Crippen molar-refractivity contribution in [1.29, 1.82) is 0 Å². The lowest BCUT2D eigenvalue weighted by atomic mass is 9.53. The minimum Gasteiger partial charge on any atom is -0.492 e. The quantitative estimate of drug-likeness (QED) is 0.338. The van der Waals surface area contributed by atoms with E-state index in [4.69, 9.17) is 15.2 Å². The molecule has 0 unspecified atom stereocenters. The molecule has 2 fully saturated rings. The van der Waals surface area contributed by atoms with Crippen molar-refractivity contribution in [3.63, 3.8) is 0 Å². The van der Waals surface area contributed by atoms with Gasteiger partial charge in [0.2, 0.25) is 5.88 Å². The first kappa shape index (κ1) is 24.4. The number of hydrogen-bond donors (Lipinski definition) is 2. The van der Waals surface area contributed by atoms with Crippen LogP contribution in [0.4, 0.5) is 0 Å². The number of pyridine rings is 2. The molecule has 4 aromatic rings. The van der Waals surface area contributed by atoms with Crippen LogP contribution < -0.4 is 20.5 Å². The molecule has 0 aliphatic heterocycles. The highest BCUT2D eigenvalue weighted by molar-refractivity contribution is 7.09. The second-order valence-electron chi connectivity index (χ2n) is 10.2. The van der Waals surface area contributed by atoms with Gasteiger partial charge in [0.05, 0.1) is 41.3 Å². The molecule has 0 bridgehead atoms. The van der Waals surface area contributed by atoms with Gasteiger partial charge in [-0.2, -0.15) is 5.10 Å². The Kier molecular flexibility index (Phi) is 6.22. The normalized spacial score (nSPS) is 22.0. The topological polar surface area (TPSA) is 134 Å². The van der Waals surface area contributed by atoms with E-state index in [1.165, 1.54) is 4.88 Å². The van der Waals surface area contributed by atoms with E-state index in [-0.39, 0.29) is 23.5 Å². The van der Waals surface area contributed by atoms with Crippen molar-refractivity contribution in [3.8, 4) is 11.6 Å². The predicted molar refractivity (Wildman–Crippen MR) is 141 cm³/mol. The largest absolute Gasteiger partial charge is 0.492 e. The molecule has 0 saturated heterocycles. The maximum Gasteiger partial charge on any atom is 0.255 e. The average Bonchev–Trinajstić information content (AvgIpc) is 3.47. The van der Waals surface area contributed by atoms with Crippen molar-refractivity contribution in [2.24, 2.45) is 11.1 Å². The number of aryl methyl sites for hydroxylation is 1. The summed E-state index contributed by atoms with van der Waals surface area (Å²) < 4.78 is 13.5. The molecule has 1 spiro atoms. The van der Waals surface area contributed by atoms with Crippen LogP contribution in [0.25, 0.3) is 5.52 Å². The standard InChI is InChI=1S/C27H28N6O4S/c1-16-23(38-15-30-16)6-8-36-18-4-5-22-21(13-31-33(22)14-18)25(35)32-17-9-27(10-17)11-19(12-27)37-26-20(24(28)34)3-2-7-29-26/h2-5,7,13-15,17,19H,6,8-12H2,1H3,(H2,28,34)(H,32,35). The lowest BCUT2D eigenvalue weighted by Gasteiger charge is -2.57. The second-order valence-corrected chi connectivity index (χ2v) is 11.1. The van der Waals surface area contributed by atoms with Gasteiger partial charge in [0.25, 0.3) is 11.8 Å². The molecular formula is C27H28N6O4S. The summed E-state index contributed by atoms with van der Waals surface area (Å²) in [5.41, 5.74) is 10.1. The van der Waals surface area contributed by atoms with Crippen LogP contribution in [0.15, 0.2) is 48.4 Å². The Labute approximate surface area is 223 Å². The number of primary amides is 1. The lowest BCUT2D eigenvalue weighted by Crippen LogP contribution is -2.58. The molecule has 196 valence electrons. The number of hydrogen-bond acceptors (Lipinski definition) is 8. The Balaban J connectivity index is 0.991. The van der Waals surface area contributed by atoms with Gasteiger partial charge in [-0.3, -0.25) is 9.59 Å². The molecule has 10 nitrogen and oxygen atoms in total. The van der Waals surface area contributed by atoms with Crippen LogP contribution in [-0.2, 0) is 6.42 Å². The molecule has 0 radical (unpaired) electrons. The SMILES string of the molecule is Cc1ncsc1CCOc1ccc2c(C(=O)NC3CC4(C3)CC(Oc3ncccc3C(N)=O)C4)cnn2c1. The maximum atomic E-state index is 13.0. The fourth-order valence-electron chi connectivity index (χ4n) is 5.56. The Bertz CT molecular complexity index is 1500. The third-order valence-electron chi connectivity index (χ3n) is 7.51. The molecule has 2 saturated carbocycles. The number of nitrogens with zero attached hydrogens (tertiary/aromatic N) is 4. The summed E-state index contributed by atoms with van der Waals surface area (Å²) in [5, 5.41) is 7.51. The number of thiazole rings is 1. The molecule has 4 heterocycles. The number of fused-ring (bicyclic) bond motifs is 1. The number of carbonyl (C=O) groups excluding carboxylic acids is 2. The first-order chi connectivity index (χ1) is 18.4. The van der Waals surface area contributed by atoms with Crippen LogP contribution in [0.1, 0.15) is 57.0 Å². The predicted octanol–water partition coefficient (Wildman–Crippen LogP) is 3.33. The van der Waals surface area contributed by atoms with Crippen LogP contribution in [0, 0.1) is 12.3 Å². The highest BCUT2D eigenvalue weighted by atomic mass is 32.1. The van der Waals surface area contributed by atoms with Gasteiger partial charge < -0.3 is 20.5 Å². The Hall–Kier alpha value is -3.99. The number of nitrogens with two attached hydrogens (primary N) is 1. The molecule has 0 atom stereocenters. The molecular weight excluding hydrogens is 504 g/mol. The van der Waals surface area contributed by atoms with Gasteiger partial charge in [-0.25, -0.2) is 14.5 Å². The van der Waals surface area contributed by atoms with E-state index in [1.54, 1.807) is 46.6 Å². The van der Waals surface area contributed by atoms with Crippen LogP contribution in [0.2, 0.25) is 0 Å². The Morgan fingerprint density at radius 1 is 1.18 bits per heavy atom. The average molecular weight is 533 g/mol. The monoisotopic (exact) mass is 532 g/mol. The zero-order valence-electron chi connectivity index (χ0n) is 20.9. The zero-order chi connectivity index (χ0) is 26.3. The summed E-state index contributed by atoms with van der Waals surface area (Å²) in [6.07, 6.45) is 9.33. The molecule has 3 N–H and O–H groups in total. The van der Waals surface area contributed by atoms with E-state index in [2.05, 4.69) is 20.4 Å². The van der Waals surface area contributed by atoms with Gasteiger partial charge >= 0.3 is 0 Å². The molecule has 4 aromatic heterocycles. The van der Waals surface area contributed by atoms with Gasteiger partial charge in [0.15, 0.2) is 0 Å². The van der Waals surface area contributed by atoms with E-state index < -0.39 is 5.91 Å². The minimum atomic E-state index is -0.549. The Morgan fingerprint density at radius 3 is 2.79 bits per heavy atom. The third kappa shape index (κ3) is 4.69. The van der Waals surface area contributed by atoms with Crippen molar-refractivity contribution >= 4 is 28.7 Å². The maximum absolute atomic E-state index is 13.0. The van der Waals surface area contributed by atoms with E-state index in [9.17, 15) is 9.59 Å². The number of aromatic nitrogens is 4. The number of rotatable bonds is 9. The van der Waals surface area contributed by atoms with Gasteiger partial charge in [0.1, 0.15) is 17.4 Å². The first-order valence-corrected chi connectivity index (χ1v) is 13.5. The number of nitrogens with one attached hydrogen (secondary N) is 1. The van der Waals surface area contributed by atoms with E-state index >= 15 is 0 Å². The van der Waals surface area contributed by atoms with Crippen molar-refractivity contribution in [2.75, 3.05) is 6.61 Å². The Morgan fingerprint density at radius 2 is 2.03 bits per heavy atom. The van der Waals surface area contributed by atoms with Crippen LogP contribution in [0.5, 0.6) is 11.6 Å². The van der Waals surface area contributed by atoms with Gasteiger partial charge in [-0.15, -0.1) is 11.3 Å². The highest BCUT2D eigenvalue weighted by Gasteiger charge is 2.54. The van der Waals surface area contributed by atoms with Crippen LogP contribution in [-0.4, -0.2) is 50.1 Å². The van der Waals surface area contributed by atoms with Gasteiger partial charge in [-0.05, 0) is 62.3 Å². The summed E-state index contributed by atoms with van der Waals surface area (Å²) >= 11 is 1.63. The summed E-state index contributed by atoms with van der Waals surface area (Å²) in [6.45, 7) is 2.55.